The van der Waals surface area contributed by atoms with Gasteiger partial charge >= 0.3 is 47.8 Å². The van der Waals surface area contributed by atoms with Gasteiger partial charge in [-0.1, -0.05) is 62.3 Å². The Morgan fingerprint density at radius 1 is 0.524 bits per heavy atom. The Bertz CT molecular complexity index is 3020. The van der Waals surface area contributed by atoms with Gasteiger partial charge in [-0.2, -0.15) is 0 Å². The maximum Gasteiger partial charge on any atom is 0.347 e. The summed E-state index contributed by atoms with van der Waals surface area (Å²) in [6.45, 7) is 45.9. The molecule has 11 aliphatic rings. The Balaban J connectivity index is 0.000000317. The molecule has 6 unspecified atom stereocenters. The molecule has 0 amide bonds. The number of carbonyl (C=O) groups is 8. The van der Waals surface area contributed by atoms with Gasteiger partial charge in [0.05, 0.1) is 67.9 Å². The van der Waals surface area contributed by atoms with Crippen molar-refractivity contribution in [1.82, 2.24) is 0 Å². The first kappa shape index (κ1) is 92.8. The van der Waals surface area contributed by atoms with Crippen LogP contribution in [0.1, 0.15) is 314 Å². The Morgan fingerprint density at radius 3 is 1.34 bits per heavy atom. The molecule has 11 rings (SSSR count). The van der Waals surface area contributed by atoms with Gasteiger partial charge < -0.3 is 43.4 Å². The van der Waals surface area contributed by atoms with E-state index in [2.05, 4.69) is 13.8 Å². The summed E-state index contributed by atoms with van der Waals surface area (Å²) in [5, 5.41) is 18.9. The molecule has 8 saturated carbocycles. The van der Waals surface area contributed by atoms with Crippen molar-refractivity contribution in [3.05, 3.63) is 0 Å². The molecular formula is C80H140O21S2. The van der Waals surface area contributed by atoms with Crippen molar-refractivity contribution in [3.63, 3.8) is 0 Å². The van der Waals surface area contributed by atoms with Crippen LogP contribution in [-0.2, 0) is 91.2 Å². The van der Waals surface area contributed by atoms with Crippen LogP contribution in [0.2, 0.25) is 0 Å². The average Bonchev–Trinajstić information content (AvgIpc) is 1.02. The molecule has 0 radical (unpaired) electrons. The molecule has 0 aromatic carbocycles. The van der Waals surface area contributed by atoms with Crippen molar-refractivity contribution < 1.29 is 98.6 Å². The molecule has 2 N–H and O–H groups in total. The van der Waals surface area contributed by atoms with Gasteiger partial charge in [0, 0.05) is 6.42 Å². The zero-order chi connectivity index (χ0) is 79.1. The summed E-state index contributed by atoms with van der Waals surface area (Å²) in [6, 6.07) is 0. The first-order valence-corrected chi connectivity index (χ1v) is 42.5. The van der Waals surface area contributed by atoms with E-state index in [1.165, 1.54) is 32.1 Å². The second-order valence-corrected chi connectivity index (χ2v) is 40.6. The number of aliphatic hydroxyl groups is 1. The Kier molecular flexibility index (Phi) is 33.9. The van der Waals surface area contributed by atoms with Crippen LogP contribution in [0.3, 0.4) is 0 Å². The number of ether oxygens (including phenoxy) is 7. The molecule has 0 spiro atoms. The fraction of sp³-hybridized carbons (Fsp3) is 0.900. The van der Waals surface area contributed by atoms with Crippen molar-refractivity contribution in [2.24, 2.45) is 79.8 Å². The van der Waals surface area contributed by atoms with Gasteiger partial charge in [0.25, 0.3) is 0 Å². The largest absolute Gasteiger partial charge is 0.481 e. The molecule has 598 valence electrons. The second-order valence-electron chi connectivity index (χ2n) is 36.1. The van der Waals surface area contributed by atoms with E-state index in [-0.39, 0.29) is 81.2 Å². The van der Waals surface area contributed by atoms with Gasteiger partial charge in [0.1, 0.15) is 23.4 Å². The molecule has 8 bridgehead atoms. The van der Waals surface area contributed by atoms with Gasteiger partial charge in [-0.15, -0.1) is 0 Å². The van der Waals surface area contributed by atoms with E-state index in [1.807, 2.05) is 96.9 Å². The number of carboxylic acid groups (broad SMARTS) is 1. The first-order valence-electron chi connectivity index (χ1n) is 39.0. The van der Waals surface area contributed by atoms with Crippen molar-refractivity contribution in [3.8, 4) is 0 Å². The van der Waals surface area contributed by atoms with Crippen LogP contribution in [0.4, 0.5) is 0 Å². The number of carbonyl (C=O) groups excluding carboxylic acids is 7. The molecule has 21 nitrogen and oxygen atoms in total. The lowest BCUT2D eigenvalue weighted by Gasteiger charge is -2.60. The van der Waals surface area contributed by atoms with E-state index >= 15 is 0 Å². The monoisotopic (exact) mass is 1500 g/mol. The number of aliphatic carboxylic acids is 1. The summed E-state index contributed by atoms with van der Waals surface area (Å²) < 4.78 is 83.0. The third-order valence-corrected chi connectivity index (χ3v) is 27.9. The van der Waals surface area contributed by atoms with Gasteiger partial charge in [-0.05, 0) is 287 Å². The third-order valence-electron chi connectivity index (χ3n) is 24.2. The predicted octanol–water partition coefficient (Wildman–Crippen LogP) is 15.7. The number of carboxylic acids is 1. The highest BCUT2D eigenvalue weighted by molar-refractivity contribution is 7.92. The lowest BCUT2D eigenvalue weighted by atomic mass is 9.49. The third kappa shape index (κ3) is 26.8. The Morgan fingerprint density at radius 2 is 0.971 bits per heavy atom. The lowest BCUT2D eigenvalue weighted by molar-refractivity contribution is -0.218. The maximum absolute atomic E-state index is 12.6. The maximum atomic E-state index is 12.6. The number of hydrogen-bond acceptors (Lipinski definition) is 20. The molecule has 23 heteroatoms. The number of cyclic esters (lactones) is 1. The van der Waals surface area contributed by atoms with Crippen LogP contribution in [0.25, 0.3) is 0 Å². The smallest absolute Gasteiger partial charge is 0.347 e. The highest BCUT2D eigenvalue weighted by atomic mass is 32.2. The van der Waals surface area contributed by atoms with Crippen molar-refractivity contribution in [1.29, 1.82) is 0 Å². The highest BCUT2D eigenvalue weighted by Gasteiger charge is 2.60. The van der Waals surface area contributed by atoms with Gasteiger partial charge in [-0.3, -0.25) is 33.6 Å². The summed E-state index contributed by atoms with van der Waals surface area (Å²) in [5.74, 6) is 2.58. The molecule has 8 aliphatic carbocycles. The van der Waals surface area contributed by atoms with Crippen LogP contribution in [-0.4, -0.2) is 139 Å². The van der Waals surface area contributed by atoms with E-state index in [0.717, 1.165) is 76.0 Å². The summed E-state index contributed by atoms with van der Waals surface area (Å²) in [6.07, 6.45) is 19.6. The number of rotatable bonds is 20. The number of hydrogen-bond donors (Lipinski definition) is 2. The van der Waals surface area contributed by atoms with Gasteiger partial charge in [-0.25, -0.2) is 21.6 Å². The zero-order valence-electron chi connectivity index (χ0n) is 68.0. The molecular weight excluding hydrogens is 1360 g/mol. The first-order chi connectivity index (χ1) is 47.1. The topological polar surface area (TPSA) is 310 Å². The zero-order valence-corrected chi connectivity index (χ0v) is 69.6. The van der Waals surface area contributed by atoms with Crippen LogP contribution >= 0.6 is 0 Å². The normalized spacial score (nSPS) is 29.4. The molecule has 103 heavy (non-hydrogen) atoms. The van der Waals surface area contributed by atoms with E-state index in [4.69, 9.17) is 38.3 Å². The van der Waals surface area contributed by atoms with E-state index in [0.29, 0.717) is 87.6 Å². The van der Waals surface area contributed by atoms with E-state index in [1.54, 1.807) is 55.4 Å². The standard InChI is InChI=1S/C18H30O2.C15H24O3.C11H20O4S.C10H18O4S.C10H16O4.C10H20O2.C6H12O2/c1-5-17(3,4)16(19)20-18(6-2)14-8-12-7-13(10-14)11-15(18)9-12;1-3-9(2)14(16)18-13-11-4-10-5-12(13)8-15(17,6-10)7-11;1-4-11(2,3)10(12)15-9-7-5-6-8-16(9,13)14;1-4-10(2,3)9(11)14-8-5-6-15(12,13)7-8;1-4-10(2,3)9(12)14-7-5-6-13-8(7)11;1-7-10(5,6)8(11)12-9(2,3)4;1-4-6(2,3)5(7)8/h12-15H,5-11H2,1-4H3;9-13,17H,3-8H2,1-2H3;9H,4-8H2,1-3H3;8H,4-7H2,1-3H3;7H,4-6H2,1-3H3;7H2,1-6H3;4H2,1-3H3,(H,7,8). The van der Waals surface area contributed by atoms with Crippen LogP contribution in [0, 0.1) is 79.8 Å². The molecule has 6 atom stereocenters. The lowest BCUT2D eigenvalue weighted by Crippen LogP contribution is -2.60. The van der Waals surface area contributed by atoms with Crippen LogP contribution in [0.5, 0.6) is 0 Å². The minimum absolute atomic E-state index is 0.00488. The van der Waals surface area contributed by atoms with Crippen molar-refractivity contribution in [2.45, 2.75) is 354 Å². The predicted molar refractivity (Wildman–Crippen MR) is 398 cm³/mol. The summed E-state index contributed by atoms with van der Waals surface area (Å²) in [5.41, 5.74) is -4.73. The van der Waals surface area contributed by atoms with Crippen LogP contribution < -0.4 is 0 Å². The second kappa shape index (κ2) is 37.6. The fourth-order valence-corrected chi connectivity index (χ4v) is 17.5. The van der Waals surface area contributed by atoms with E-state index in [9.17, 15) is 60.3 Å². The molecule has 0 aromatic rings. The molecule has 3 heterocycles. The Labute approximate surface area is 620 Å². The van der Waals surface area contributed by atoms with Crippen molar-refractivity contribution >= 4 is 67.4 Å². The van der Waals surface area contributed by atoms with E-state index < -0.39 is 82.5 Å². The number of esters is 7. The Hall–Kier alpha value is -4.38. The summed E-state index contributed by atoms with van der Waals surface area (Å²) in [4.78, 5) is 92.3. The van der Waals surface area contributed by atoms with Gasteiger partial charge in [0.2, 0.25) is 11.5 Å². The fourth-order valence-electron chi connectivity index (χ4n) is 14.3. The minimum atomic E-state index is -3.23. The summed E-state index contributed by atoms with van der Waals surface area (Å²) >= 11 is 0. The average molecular weight is 1500 g/mol. The molecule has 11 fully saturated rings. The highest BCUT2D eigenvalue weighted by Crippen LogP contribution is 2.61. The van der Waals surface area contributed by atoms with Gasteiger partial charge in [0.15, 0.2) is 19.7 Å². The van der Waals surface area contributed by atoms with Crippen molar-refractivity contribution in [2.75, 3.05) is 23.9 Å². The molecule has 3 saturated heterocycles. The van der Waals surface area contributed by atoms with Crippen LogP contribution in [0.15, 0.2) is 0 Å². The molecule has 0 aromatic heterocycles. The SMILES string of the molecule is CCC(C)(C)C(=O)O.CCC(C)(C)C(=O)OC(C)(C)C.CCC(C)(C)C(=O)OC1(CC)C2CC3CC(C2)CC1C3.CCC(C)(C)C(=O)OC1CCCCS1(=O)=O.CCC(C)(C)C(=O)OC1CCOC1=O.CCC(C)(C)C(=O)OC1CCS(=O)(=O)C1.CCC(C)C(=O)OC1C2CC3CC1CC(O)(C3)C2. The quantitative estimate of drug-likeness (QED) is 0.0845. The molecule has 3 aliphatic heterocycles. The minimum Gasteiger partial charge on any atom is -0.481 e. The number of sulfone groups is 2. The summed E-state index contributed by atoms with van der Waals surface area (Å²) in [7, 11) is -6.20.